The third-order valence-electron chi connectivity index (χ3n) is 4.98. The SMILES string of the molecule is O=C(N[C@H]1CN2CCC1CC2)c1ccc2c(c1)OCC=C2F. The highest BCUT2D eigenvalue weighted by molar-refractivity contribution is 5.95. The van der Waals surface area contributed by atoms with Crippen LogP contribution in [0.2, 0.25) is 0 Å². The molecule has 0 aliphatic carbocycles. The van der Waals surface area contributed by atoms with E-state index < -0.39 is 0 Å². The number of fused-ring (bicyclic) bond motifs is 4. The highest BCUT2D eigenvalue weighted by Crippen LogP contribution is 2.32. The number of rotatable bonds is 2. The van der Waals surface area contributed by atoms with Crippen molar-refractivity contribution in [2.45, 2.75) is 18.9 Å². The quantitative estimate of drug-likeness (QED) is 0.911. The van der Waals surface area contributed by atoms with Crippen LogP contribution in [-0.4, -0.2) is 43.1 Å². The fourth-order valence-corrected chi connectivity index (χ4v) is 3.68. The van der Waals surface area contributed by atoms with E-state index in [4.69, 9.17) is 4.74 Å². The first-order valence-corrected chi connectivity index (χ1v) is 7.87. The number of amides is 1. The summed E-state index contributed by atoms with van der Waals surface area (Å²) in [5.74, 6) is 0.649. The zero-order valence-electron chi connectivity index (χ0n) is 12.3. The van der Waals surface area contributed by atoms with Crippen LogP contribution in [0.1, 0.15) is 28.8 Å². The third-order valence-corrected chi connectivity index (χ3v) is 4.98. The molecule has 3 fully saturated rings. The standard InChI is InChI=1S/C17H19FN2O2/c18-14-5-8-22-16-9-12(1-2-13(14)16)17(21)19-15-10-20-6-3-11(15)4-7-20/h1-2,5,9,11,15H,3-4,6-8,10H2,(H,19,21)/t15-/m0/s1. The van der Waals surface area contributed by atoms with Crippen molar-refractivity contribution in [2.24, 2.45) is 5.92 Å². The van der Waals surface area contributed by atoms with Gasteiger partial charge < -0.3 is 15.0 Å². The maximum absolute atomic E-state index is 13.7. The Bertz CT molecular complexity index is 636. The Morgan fingerprint density at radius 3 is 2.86 bits per heavy atom. The summed E-state index contributed by atoms with van der Waals surface area (Å²) in [5, 5.41) is 3.14. The molecule has 4 heterocycles. The number of piperidine rings is 3. The first-order valence-electron chi connectivity index (χ1n) is 7.87. The van der Waals surface area contributed by atoms with Gasteiger partial charge in [-0.2, -0.15) is 0 Å². The van der Waals surface area contributed by atoms with E-state index in [1.807, 2.05) is 0 Å². The topological polar surface area (TPSA) is 41.6 Å². The number of nitrogens with one attached hydrogen (secondary N) is 1. The Hall–Kier alpha value is -1.88. The molecule has 5 heteroatoms. The molecule has 0 aromatic heterocycles. The molecular weight excluding hydrogens is 283 g/mol. The van der Waals surface area contributed by atoms with Crippen molar-refractivity contribution in [3.8, 4) is 5.75 Å². The number of ether oxygens (including phenoxy) is 1. The molecule has 22 heavy (non-hydrogen) atoms. The molecule has 4 aliphatic heterocycles. The van der Waals surface area contributed by atoms with Crippen molar-refractivity contribution in [1.29, 1.82) is 0 Å². The Morgan fingerprint density at radius 2 is 2.14 bits per heavy atom. The normalized spacial score (nSPS) is 29.3. The van der Waals surface area contributed by atoms with Crippen molar-refractivity contribution < 1.29 is 13.9 Å². The summed E-state index contributed by atoms with van der Waals surface area (Å²) < 4.78 is 19.1. The maximum Gasteiger partial charge on any atom is 0.251 e. The third kappa shape index (κ3) is 2.39. The molecule has 1 aromatic carbocycles. The van der Waals surface area contributed by atoms with Crippen molar-refractivity contribution in [1.82, 2.24) is 10.2 Å². The van der Waals surface area contributed by atoms with Crippen LogP contribution >= 0.6 is 0 Å². The average molecular weight is 302 g/mol. The average Bonchev–Trinajstić information content (AvgIpc) is 2.56. The molecule has 4 aliphatic rings. The lowest BCUT2D eigenvalue weighted by molar-refractivity contribution is 0.0620. The van der Waals surface area contributed by atoms with Crippen LogP contribution < -0.4 is 10.1 Å². The minimum Gasteiger partial charge on any atom is -0.489 e. The summed E-state index contributed by atoms with van der Waals surface area (Å²) >= 11 is 0. The van der Waals surface area contributed by atoms with Gasteiger partial charge in [-0.25, -0.2) is 4.39 Å². The predicted octanol–water partition coefficient (Wildman–Crippen LogP) is 2.21. The second-order valence-corrected chi connectivity index (χ2v) is 6.29. The predicted molar refractivity (Wildman–Crippen MR) is 81.4 cm³/mol. The first kappa shape index (κ1) is 13.8. The highest BCUT2D eigenvalue weighted by atomic mass is 19.1. The fourth-order valence-electron chi connectivity index (χ4n) is 3.68. The van der Waals surface area contributed by atoms with Crippen LogP contribution in [0.3, 0.4) is 0 Å². The van der Waals surface area contributed by atoms with E-state index in [2.05, 4.69) is 10.2 Å². The van der Waals surface area contributed by atoms with E-state index in [9.17, 15) is 9.18 Å². The molecule has 1 amide bonds. The van der Waals surface area contributed by atoms with Crippen LogP contribution in [0.25, 0.3) is 5.83 Å². The summed E-state index contributed by atoms with van der Waals surface area (Å²) in [5.41, 5.74) is 0.954. The molecule has 0 unspecified atom stereocenters. The van der Waals surface area contributed by atoms with E-state index in [0.29, 0.717) is 22.8 Å². The second kappa shape index (κ2) is 5.39. The molecule has 1 atom stereocenters. The van der Waals surface area contributed by atoms with Crippen LogP contribution in [0.5, 0.6) is 5.75 Å². The Balaban J connectivity index is 1.50. The highest BCUT2D eigenvalue weighted by Gasteiger charge is 2.35. The minimum atomic E-state index is -0.286. The monoisotopic (exact) mass is 302 g/mol. The molecule has 0 saturated carbocycles. The van der Waals surface area contributed by atoms with Gasteiger partial charge in [0.15, 0.2) is 0 Å². The van der Waals surface area contributed by atoms with Gasteiger partial charge in [0.2, 0.25) is 0 Å². The van der Waals surface area contributed by atoms with Crippen molar-refractivity contribution >= 4 is 11.7 Å². The lowest BCUT2D eigenvalue weighted by Gasteiger charge is -2.44. The lowest BCUT2D eigenvalue weighted by Crippen LogP contribution is -2.57. The number of hydrogen-bond donors (Lipinski definition) is 1. The molecule has 0 spiro atoms. The zero-order chi connectivity index (χ0) is 15.1. The number of carbonyl (C=O) groups excluding carboxylic acids is 1. The number of hydrogen-bond acceptors (Lipinski definition) is 3. The summed E-state index contributed by atoms with van der Waals surface area (Å²) in [6.07, 6.45) is 3.72. The van der Waals surface area contributed by atoms with Gasteiger partial charge in [0.1, 0.15) is 18.2 Å². The number of halogens is 1. The van der Waals surface area contributed by atoms with Crippen LogP contribution in [0.4, 0.5) is 4.39 Å². The molecule has 3 saturated heterocycles. The van der Waals surface area contributed by atoms with E-state index in [0.717, 1.165) is 32.5 Å². The zero-order valence-corrected chi connectivity index (χ0v) is 12.3. The number of benzene rings is 1. The van der Waals surface area contributed by atoms with E-state index >= 15 is 0 Å². The second-order valence-electron chi connectivity index (χ2n) is 6.29. The molecule has 5 rings (SSSR count). The number of nitrogens with zero attached hydrogens (tertiary/aromatic N) is 1. The van der Waals surface area contributed by atoms with Gasteiger partial charge in [0.25, 0.3) is 5.91 Å². The Morgan fingerprint density at radius 1 is 1.32 bits per heavy atom. The van der Waals surface area contributed by atoms with Gasteiger partial charge in [0.05, 0.1) is 5.56 Å². The summed E-state index contributed by atoms with van der Waals surface area (Å²) in [6, 6.07) is 5.14. The molecule has 1 aromatic rings. The molecule has 4 nitrogen and oxygen atoms in total. The fraction of sp³-hybridized carbons (Fsp3) is 0.471. The van der Waals surface area contributed by atoms with Gasteiger partial charge in [-0.1, -0.05) is 0 Å². The maximum atomic E-state index is 13.7. The van der Waals surface area contributed by atoms with Gasteiger partial charge in [-0.15, -0.1) is 0 Å². The molecule has 1 N–H and O–H groups in total. The molecule has 0 radical (unpaired) electrons. The van der Waals surface area contributed by atoms with E-state index in [1.54, 1.807) is 18.2 Å². The van der Waals surface area contributed by atoms with E-state index in [1.165, 1.54) is 6.08 Å². The van der Waals surface area contributed by atoms with Crippen molar-refractivity contribution in [2.75, 3.05) is 26.2 Å². The van der Waals surface area contributed by atoms with Crippen LogP contribution in [0.15, 0.2) is 24.3 Å². The van der Waals surface area contributed by atoms with Gasteiger partial charge in [-0.05, 0) is 56.1 Å². The van der Waals surface area contributed by atoms with Crippen molar-refractivity contribution in [3.05, 3.63) is 35.4 Å². The van der Waals surface area contributed by atoms with Gasteiger partial charge in [-0.3, -0.25) is 4.79 Å². The van der Waals surface area contributed by atoms with Crippen LogP contribution in [0, 0.1) is 5.92 Å². The van der Waals surface area contributed by atoms with Gasteiger partial charge in [0, 0.05) is 18.2 Å². The Kier molecular flexibility index (Phi) is 3.37. The molecular formula is C17H19FN2O2. The summed E-state index contributed by atoms with van der Waals surface area (Å²) in [4.78, 5) is 14.9. The Labute approximate surface area is 128 Å². The van der Waals surface area contributed by atoms with Crippen LogP contribution in [-0.2, 0) is 0 Å². The van der Waals surface area contributed by atoms with Gasteiger partial charge >= 0.3 is 0 Å². The minimum absolute atomic E-state index is 0.0971. The summed E-state index contributed by atoms with van der Waals surface area (Å²) in [7, 11) is 0. The molecule has 2 bridgehead atoms. The van der Waals surface area contributed by atoms with Crippen molar-refractivity contribution in [3.63, 3.8) is 0 Å². The first-order chi connectivity index (χ1) is 10.7. The largest absolute Gasteiger partial charge is 0.489 e. The lowest BCUT2D eigenvalue weighted by atomic mass is 9.84. The van der Waals surface area contributed by atoms with E-state index in [-0.39, 0.29) is 24.4 Å². The summed E-state index contributed by atoms with van der Waals surface area (Å²) in [6.45, 7) is 3.45. The smallest absolute Gasteiger partial charge is 0.251 e. The molecule has 116 valence electrons. The number of carbonyl (C=O) groups is 1.